The quantitative estimate of drug-likeness (QED) is 0.791. The highest BCUT2D eigenvalue weighted by molar-refractivity contribution is 5.77. The van der Waals surface area contributed by atoms with Gasteiger partial charge in [0.15, 0.2) is 0 Å². The fourth-order valence-electron chi connectivity index (χ4n) is 2.50. The number of nitrogens with one attached hydrogen (secondary N) is 1. The Kier molecular flexibility index (Phi) is 5.14. The van der Waals surface area contributed by atoms with Gasteiger partial charge in [0.1, 0.15) is 6.04 Å². The SMILES string of the molecule is CCOC(=O)C(NCC1CCCO1)c1cn(C)nc1C. The van der Waals surface area contributed by atoms with Gasteiger partial charge in [0.2, 0.25) is 0 Å². The second-order valence-corrected chi connectivity index (χ2v) is 5.07. The van der Waals surface area contributed by atoms with Crippen LogP contribution < -0.4 is 5.32 Å². The number of ether oxygens (including phenoxy) is 2. The summed E-state index contributed by atoms with van der Waals surface area (Å²) in [7, 11) is 1.85. The number of aryl methyl sites for hydroxylation is 2. The van der Waals surface area contributed by atoms with Crippen LogP contribution in [0.25, 0.3) is 0 Å². The van der Waals surface area contributed by atoms with E-state index in [9.17, 15) is 4.79 Å². The predicted molar refractivity (Wildman–Crippen MR) is 74.3 cm³/mol. The molecule has 2 unspecified atom stereocenters. The number of esters is 1. The molecule has 2 rings (SSSR count). The number of carbonyl (C=O) groups excluding carboxylic acids is 1. The molecule has 1 aromatic heterocycles. The molecule has 0 aromatic carbocycles. The molecule has 1 aliphatic heterocycles. The van der Waals surface area contributed by atoms with Crippen molar-refractivity contribution in [3.63, 3.8) is 0 Å². The summed E-state index contributed by atoms with van der Waals surface area (Å²) in [6.07, 6.45) is 4.17. The van der Waals surface area contributed by atoms with E-state index in [0.717, 1.165) is 30.7 Å². The Morgan fingerprint density at radius 3 is 3.05 bits per heavy atom. The summed E-state index contributed by atoms with van der Waals surface area (Å²) in [6.45, 7) is 5.54. The van der Waals surface area contributed by atoms with E-state index >= 15 is 0 Å². The van der Waals surface area contributed by atoms with Crippen molar-refractivity contribution in [3.8, 4) is 0 Å². The summed E-state index contributed by atoms with van der Waals surface area (Å²) in [5.74, 6) is -0.262. The van der Waals surface area contributed by atoms with E-state index in [0.29, 0.717) is 13.2 Å². The largest absolute Gasteiger partial charge is 0.465 e. The number of hydrogen-bond donors (Lipinski definition) is 1. The average Bonchev–Trinajstić information content (AvgIpc) is 3.01. The topological polar surface area (TPSA) is 65.4 Å². The third-order valence-electron chi connectivity index (χ3n) is 3.46. The van der Waals surface area contributed by atoms with E-state index in [1.807, 2.05) is 27.1 Å². The summed E-state index contributed by atoms with van der Waals surface area (Å²) < 4.78 is 12.5. The van der Waals surface area contributed by atoms with Crippen LogP contribution in [0, 0.1) is 6.92 Å². The molecule has 0 radical (unpaired) electrons. The lowest BCUT2D eigenvalue weighted by Crippen LogP contribution is -2.35. The number of carbonyl (C=O) groups is 1. The second-order valence-electron chi connectivity index (χ2n) is 5.07. The van der Waals surface area contributed by atoms with Gasteiger partial charge in [-0.2, -0.15) is 5.10 Å². The third kappa shape index (κ3) is 3.58. The van der Waals surface area contributed by atoms with Crippen molar-refractivity contribution in [2.75, 3.05) is 19.8 Å². The first-order valence-electron chi connectivity index (χ1n) is 7.13. The van der Waals surface area contributed by atoms with Crippen LogP contribution in [-0.2, 0) is 21.3 Å². The maximum Gasteiger partial charge on any atom is 0.327 e. The molecule has 0 bridgehead atoms. The van der Waals surface area contributed by atoms with Gasteiger partial charge in [-0.1, -0.05) is 0 Å². The minimum Gasteiger partial charge on any atom is -0.465 e. The minimum atomic E-state index is -0.479. The van der Waals surface area contributed by atoms with Gasteiger partial charge >= 0.3 is 5.97 Å². The Hall–Kier alpha value is -1.40. The van der Waals surface area contributed by atoms with Gasteiger partial charge < -0.3 is 9.47 Å². The Morgan fingerprint density at radius 2 is 2.50 bits per heavy atom. The molecule has 0 saturated carbocycles. The first kappa shape index (κ1) is 15.0. The zero-order valence-corrected chi connectivity index (χ0v) is 12.4. The molecule has 0 amide bonds. The summed E-state index contributed by atoms with van der Waals surface area (Å²) in [5.41, 5.74) is 1.70. The lowest BCUT2D eigenvalue weighted by atomic mass is 10.1. The number of aromatic nitrogens is 2. The van der Waals surface area contributed by atoms with Crippen LogP contribution in [0.1, 0.15) is 37.1 Å². The van der Waals surface area contributed by atoms with Crippen LogP contribution in [0.5, 0.6) is 0 Å². The lowest BCUT2D eigenvalue weighted by Gasteiger charge is -2.19. The van der Waals surface area contributed by atoms with Crippen molar-refractivity contribution in [1.82, 2.24) is 15.1 Å². The standard InChI is InChI=1S/C14H23N3O3/c1-4-19-14(18)13(12-9-17(3)16-10(12)2)15-8-11-6-5-7-20-11/h9,11,13,15H,4-8H2,1-3H3. The van der Waals surface area contributed by atoms with Crippen molar-refractivity contribution < 1.29 is 14.3 Å². The number of rotatable bonds is 6. The molecular formula is C14H23N3O3. The van der Waals surface area contributed by atoms with E-state index in [4.69, 9.17) is 9.47 Å². The van der Waals surface area contributed by atoms with Crippen molar-refractivity contribution in [2.24, 2.45) is 7.05 Å². The van der Waals surface area contributed by atoms with Crippen molar-refractivity contribution in [2.45, 2.75) is 38.8 Å². The second kappa shape index (κ2) is 6.85. The summed E-state index contributed by atoms with van der Waals surface area (Å²) in [4.78, 5) is 12.1. The van der Waals surface area contributed by atoms with Crippen LogP contribution in [0.4, 0.5) is 0 Å². The normalized spacial score (nSPS) is 20.1. The molecule has 20 heavy (non-hydrogen) atoms. The zero-order valence-electron chi connectivity index (χ0n) is 12.4. The Morgan fingerprint density at radius 1 is 1.70 bits per heavy atom. The van der Waals surface area contributed by atoms with Gasteiger partial charge in [-0.25, -0.2) is 4.79 Å². The average molecular weight is 281 g/mol. The fraction of sp³-hybridized carbons (Fsp3) is 0.714. The maximum atomic E-state index is 12.1. The van der Waals surface area contributed by atoms with Gasteiger partial charge in [-0.3, -0.25) is 10.00 Å². The molecule has 6 nitrogen and oxygen atoms in total. The molecule has 0 aliphatic carbocycles. The van der Waals surface area contributed by atoms with Gasteiger partial charge in [0.25, 0.3) is 0 Å². The highest BCUT2D eigenvalue weighted by Gasteiger charge is 2.27. The van der Waals surface area contributed by atoms with Gasteiger partial charge in [0.05, 0.1) is 18.4 Å². The van der Waals surface area contributed by atoms with Crippen molar-refractivity contribution >= 4 is 5.97 Å². The highest BCUT2D eigenvalue weighted by atomic mass is 16.5. The lowest BCUT2D eigenvalue weighted by molar-refractivity contribution is -0.146. The molecule has 2 atom stereocenters. The van der Waals surface area contributed by atoms with Crippen LogP contribution in [0.3, 0.4) is 0 Å². The number of nitrogens with zero attached hydrogens (tertiary/aromatic N) is 2. The highest BCUT2D eigenvalue weighted by Crippen LogP contribution is 2.19. The van der Waals surface area contributed by atoms with E-state index in [2.05, 4.69) is 10.4 Å². The predicted octanol–water partition coefficient (Wildman–Crippen LogP) is 1.10. The van der Waals surface area contributed by atoms with E-state index in [1.165, 1.54) is 0 Å². The van der Waals surface area contributed by atoms with Crippen molar-refractivity contribution in [3.05, 3.63) is 17.5 Å². The molecule has 0 spiro atoms. The molecule has 1 N–H and O–H groups in total. The molecule has 112 valence electrons. The Balaban J connectivity index is 2.07. The third-order valence-corrected chi connectivity index (χ3v) is 3.46. The minimum absolute atomic E-state index is 0.184. The first-order valence-corrected chi connectivity index (χ1v) is 7.13. The maximum absolute atomic E-state index is 12.1. The molecular weight excluding hydrogens is 258 g/mol. The molecule has 1 fully saturated rings. The van der Waals surface area contributed by atoms with Crippen LogP contribution in [0.15, 0.2) is 6.20 Å². The molecule has 1 aliphatic rings. The van der Waals surface area contributed by atoms with Gasteiger partial charge in [0, 0.05) is 32.0 Å². The van der Waals surface area contributed by atoms with Crippen LogP contribution >= 0.6 is 0 Å². The molecule has 1 saturated heterocycles. The van der Waals surface area contributed by atoms with Crippen LogP contribution in [0.2, 0.25) is 0 Å². The van der Waals surface area contributed by atoms with Gasteiger partial charge in [-0.15, -0.1) is 0 Å². The van der Waals surface area contributed by atoms with Crippen LogP contribution in [-0.4, -0.2) is 41.6 Å². The zero-order chi connectivity index (χ0) is 14.5. The molecule has 1 aromatic rings. The Labute approximate surface area is 119 Å². The van der Waals surface area contributed by atoms with E-state index in [-0.39, 0.29) is 12.1 Å². The van der Waals surface area contributed by atoms with Gasteiger partial charge in [-0.05, 0) is 26.7 Å². The van der Waals surface area contributed by atoms with Crippen molar-refractivity contribution in [1.29, 1.82) is 0 Å². The van der Waals surface area contributed by atoms with E-state index < -0.39 is 6.04 Å². The fourth-order valence-corrected chi connectivity index (χ4v) is 2.50. The summed E-state index contributed by atoms with van der Waals surface area (Å²) >= 11 is 0. The first-order chi connectivity index (χ1) is 9.61. The molecule has 6 heteroatoms. The van der Waals surface area contributed by atoms with E-state index in [1.54, 1.807) is 4.68 Å². The summed E-state index contributed by atoms with van der Waals surface area (Å²) in [6, 6.07) is -0.479. The number of hydrogen-bond acceptors (Lipinski definition) is 5. The summed E-state index contributed by atoms with van der Waals surface area (Å²) in [5, 5.41) is 7.56. The monoisotopic (exact) mass is 281 g/mol. The molecule has 2 heterocycles. The smallest absolute Gasteiger partial charge is 0.327 e. The Bertz CT molecular complexity index is 453.